The molecule has 174 valence electrons. The number of hydrogen-bond donors (Lipinski definition) is 1. The van der Waals surface area contributed by atoms with E-state index in [2.05, 4.69) is 6.07 Å². The van der Waals surface area contributed by atoms with Gasteiger partial charge in [-0.25, -0.2) is 4.98 Å². The highest BCUT2D eigenvalue weighted by Crippen LogP contribution is 2.33. The highest BCUT2D eigenvalue weighted by Gasteiger charge is 2.21. The van der Waals surface area contributed by atoms with Gasteiger partial charge in [0.05, 0.1) is 17.8 Å². The number of aryl methyl sites for hydroxylation is 1. The predicted octanol–water partition coefficient (Wildman–Crippen LogP) is 5.20. The average molecular weight is 475 g/mol. The first-order valence-corrected chi connectivity index (χ1v) is 11.8. The summed E-state index contributed by atoms with van der Waals surface area (Å²) < 4.78 is 7.31. The molecule has 0 aliphatic carbocycles. The van der Waals surface area contributed by atoms with Crippen LogP contribution in [0, 0.1) is 6.92 Å². The largest absolute Gasteiger partial charge is 0.495 e. The van der Waals surface area contributed by atoms with E-state index < -0.39 is 0 Å². The molecule has 4 aromatic rings. The number of hydrogen-bond acceptors (Lipinski definition) is 4. The Labute approximate surface area is 203 Å². The third-order valence-electron chi connectivity index (χ3n) is 6.53. The van der Waals surface area contributed by atoms with Crippen molar-refractivity contribution in [2.45, 2.75) is 25.8 Å². The third-order valence-corrected chi connectivity index (χ3v) is 6.82. The average Bonchev–Trinajstić information content (AvgIpc) is 3.28. The molecule has 0 saturated carbocycles. The van der Waals surface area contributed by atoms with Crippen LogP contribution in [0.2, 0.25) is 5.02 Å². The molecule has 7 heteroatoms. The fraction of sp³-hybridized carbons (Fsp3) is 0.259. The SMILES string of the molecule is COc1cc(C)c(-c2cn3ccc(-c4ccc(C(=O)N5CCC(N)CC5)cc4)cc3n2)cc1Cl. The lowest BCUT2D eigenvalue weighted by Gasteiger charge is -2.30. The minimum atomic E-state index is 0.0697. The van der Waals surface area contributed by atoms with Crippen LogP contribution in [0.3, 0.4) is 0 Å². The standard InChI is InChI=1S/C27H27ClN4O2/c1-17-13-25(34-2)23(28)15-22(17)24-16-32-10-7-20(14-26(32)30-24)18-3-5-19(6-4-18)27(33)31-11-8-21(29)9-12-31/h3-7,10,13-16,21H,8-9,11-12,29H2,1-2H3. The summed E-state index contributed by atoms with van der Waals surface area (Å²) in [5, 5.41) is 0.558. The van der Waals surface area contributed by atoms with E-state index in [9.17, 15) is 4.79 Å². The number of fused-ring (bicyclic) bond motifs is 1. The molecule has 0 radical (unpaired) electrons. The van der Waals surface area contributed by atoms with Crippen LogP contribution < -0.4 is 10.5 Å². The number of benzene rings is 2. The highest BCUT2D eigenvalue weighted by atomic mass is 35.5. The number of halogens is 1. The first-order chi connectivity index (χ1) is 16.4. The Morgan fingerprint density at radius 1 is 1.09 bits per heavy atom. The van der Waals surface area contributed by atoms with E-state index in [0.717, 1.165) is 59.5 Å². The van der Waals surface area contributed by atoms with Gasteiger partial charge in [-0.1, -0.05) is 23.7 Å². The van der Waals surface area contributed by atoms with E-state index in [4.69, 9.17) is 27.1 Å². The molecule has 1 fully saturated rings. The summed E-state index contributed by atoms with van der Waals surface area (Å²) in [4.78, 5) is 19.5. The number of methoxy groups -OCH3 is 1. The van der Waals surface area contributed by atoms with Gasteiger partial charge in [0.1, 0.15) is 11.4 Å². The van der Waals surface area contributed by atoms with Crippen molar-refractivity contribution in [3.8, 4) is 28.1 Å². The van der Waals surface area contributed by atoms with Gasteiger partial charge in [-0.2, -0.15) is 0 Å². The van der Waals surface area contributed by atoms with Gasteiger partial charge in [0.15, 0.2) is 0 Å². The molecule has 2 N–H and O–H groups in total. The topological polar surface area (TPSA) is 72.9 Å². The van der Waals surface area contributed by atoms with Crippen molar-refractivity contribution in [1.29, 1.82) is 0 Å². The van der Waals surface area contributed by atoms with E-state index in [1.54, 1.807) is 7.11 Å². The number of carbonyl (C=O) groups is 1. The Hall–Kier alpha value is -3.35. The zero-order chi connectivity index (χ0) is 23.8. The van der Waals surface area contributed by atoms with Crippen LogP contribution >= 0.6 is 11.6 Å². The number of pyridine rings is 1. The number of imidazole rings is 1. The molecule has 1 saturated heterocycles. The smallest absolute Gasteiger partial charge is 0.253 e. The normalized spacial score (nSPS) is 14.5. The Morgan fingerprint density at radius 2 is 1.82 bits per heavy atom. The lowest BCUT2D eigenvalue weighted by molar-refractivity contribution is 0.0715. The summed E-state index contributed by atoms with van der Waals surface area (Å²) in [6.45, 7) is 3.46. The second-order valence-corrected chi connectivity index (χ2v) is 9.22. The van der Waals surface area contributed by atoms with Crippen molar-refractivity contribution in [3.05, 3.63) is 77.1 Å². The Morgan fingerprint density at radius 3 is 2.53 bits per heavy atom. The van der Waals surface area contributed by atoms with Crippen LogP contribution in [-0.2, 0) is 0 Å². The molecule has 6 nitrogen and oxygen atoms in total. The fourth-order valence-corrected chi connectivity index (χ4v) is 4.71. The number of nitrogens with zero attached hydrogens (tertiary/aromatic N) is 3. The molecule has 3 heterocycles. The van der Waals surface area contributed by atoms with Crippen LogP contribution in [0.4, 0.5) is 0 Å². The molecule has 0 unspecified atom stereocenters. The van der Waals surface area contributed by atoms with Gasteiger partial charge in [-0.05, 0) is 72.9 Å². The van der Waals surface area contributed by atoms with E-state index in [0.29, 0.717) is 16.3 Å². The van der Waals surface area contributed by atoms with Crippen LogP contribution in [0.5, 0.6) is 5.75 Å². The molecule has 2 aromatic carbocycles. The van der Waals surface area contributed by atoms with E-state index >= 15 is 0 Å². The van der Waals surface area contributed by atoms with Crippen molar-refractivity contribution < 1.29 is 9.53 Å². The fourth-order valence-electron chi connectivity index (χ4n) is 4.47. The number of likely N-dealkylation sites (tertiary alicyclic amines) is 1. The summed E-state index contributed by atoms with van der Waals surface area (Å²) in [5.41, 5.74) is 12.4. The van der Waals surface area contributed by atoms with Gasteiger partial charge < -0.3 is 19.8 Å². The summed E-state index contributed by atoms with van der Waals surface area (Å²) in [6.07, 6.45) is 5.71. The molecular weight excluding hydrogens is 448 g/mol. The highest BCUT2D eigenvalue weighted by molar-refractivity contribution is 6.32. The van der Waals surface area contributed by atoms with Gasteiger partial charge in [0, 0.05) is 42.7 Å². The van der Waals surface area contributed by atoms with Gasteiger partial charge in [0.2, 0.25) is 0 Å². The molecule has 0 atom stereocenters. The maximum absolute atomic E-state index is 12.8. The minimum Gasteiger partial charge on any atom is -0.495 e. The number of piperidine rings is 1. The second-order valence-electron chi connectivity index (χ2n) is 8.82. The van der Waals surface area contributed by atoms with Crippen molar-refractivity contribution >= 4 is 23.2 Å². The van der Waals surface area contributed by atoms with Gasteiger partial charge in [0.25, 0.3) is 5.91 Å². The van der Waals surface area contributed by atoms with Crippen molar-refractivity contribution in [2.24, 2.45) is 5.73 Å². The summed E-state index contributed by atoms with van der Waals surface area (Å²) in [6, 6.07) is 15.9. The lowest BCUT2D eigenvalue weighted by Crippen LogP contribution is -2.42. The maximum Gasteiger partial charge on any atom is 0.253 e. The van der Waals surface area contributed by atoms with Crippen molar-refractivity contribution in [3.63, 3.8) is 0 Å². The summed E-state index contributed by atoms with van der Waals surface area (Å²) in [7, 11) is 1.61. The van der Waals surface area contributed by atoms with E-state index in [1.165, 1.54) is 0 Å². The van der Waals surface area contributed by atoms with Crippen LogP contribution in [0.1, 0.15) is 28.8 Å². The quantitative estimate of drug-likeness (QED) is 0.441. The monoisotopic (exact) mass is 474 g/mol. The molecule has 2 aromatic heterocycles. The van der Waals surface area contributed by atoms with E-state index in [1.807, 2.05) is 71.1 Å². The zero-order valence-corrected chi connectivity index (χ0v) is 20.0. The molecule has 1 aliphatic rings. The molecule has 1 amide bonds. The molecule has 0 spiro atoms. The maximum atomic E-state index is 12.8. The summed E-state index contributed by atoms with van der Waals surface area (Å²) in [5.74, 6) is 0.722. The Kier molecular flexibility index (Phi) is 6.02. The number of aromatic nitrogens is 2. The predicted molar refractivity (Wildman–Crippen MR) is 135 cm³/mol. The van der Waals surface area contributed by atoms with Crippen LogP contribution in [0.15, 0.2) is 60.9 Å². The first kappa shape index (κ1) is 22.4. The zero-order valence-electron chi connectivity index (χ0n) is 19.3. The first-order valence-electron chi connectivity index (χ1n) is 11.4. The molecule has 1 aliphatic heterocycles. The second kappa shape index (κ2) is 9.12. The van der Waals surface area contributed by atoms with Crippen molar-refractivity contribution in [1.82, 2.24) is 14.3 Å². The molecule has 34 heavy (non-hydrogen) atoms. The number of amides is 1. The van der Waals surface area contributed by atoms with Crippen LogP contribution in [0.25, 0.3) is 28.0 Å². The third kappa shape index (κ3) is 4.27. The van der Waals surface area contributed by atoms with Crippen molar-refractivity contribution in [2.75, 3.05) is 20.2 Å². The number of carbonyl (C=O) groups excluding carboxylic acids is 1. The van der Waals surface area contributed by atoms with E-state index in [-0.39, 0.29) is 11.9 Å². The minimum absolute atomic E-state index is 0.0697. The Balaban J connectivity index is 1.40. The molecule has 5 rings (SSSR count). The van der Waals surface area contributed by atoms with Crippen LogP contribution in [-0.4, -0.2) is 46.4 Å². The van der Waals surface area contributed by atoms with Gasteiger partial charge in [-0.3, -0.25) is 4.79 Å². The summed E-state index contributed by atoms with van der Waals surface area (Å²) >= 11 is 6.35. The molecule has 0 bridgehead atoms. The number of nitrogens with two attached hydrogens (primary N) is 1. The number of ether oxygens (including phenoxy) is 1. The van der Waals surface area contributed by atoms with Gasteiger partial charge in [-0.15, -0.1) is 0 Å². The number of rotatable bonds is 4. The Bertz CT molecular complexity index is 1360. The van der Waals surface area contributed by atoms with Gasteiger partial charge >= 0.3 is 0 Å². The molecular formula is C27H27ClN4O2. The lowest BCUT2D eigenvalue weighted by atomic mass is 10.0.